The van der Waals surface area contributed by atoms with E-state index in [-0.39, 0.29) is 0 Å². The average Bonchev–Trinajstić information content (AvgIpc) is 2.97. The van der Waals surface area contributed by atoms with Crippen molar-refractivity contribution in [1.82, 2.24) is 9.38 Å². The molecule has 20 heavy (non-hydrogen) atoms. The smallest absolute Gasteiger partial charge is 0.311 e. The summed E-state index contributed by atoms with van der Waals surface area (Å²) in [6.45, 7) is 0. The van der Waals surface area contributed by atoms with Crippen molar-refractivity contribution in [2.45, 2.75) is 12.3 Å². The molecule has 0 bridgehead atoms. The standard InChI is InChI=1S/C14H11ClN2O2S/c15-10-3-1-9(2-4-10)12(13(18)19)7-11-8-17-5-6-20-14(17)16-11/h1-6,8,12H,7H2,(H,18,19). The van der Waals surface area contributed by atoms with Crippen LogP contribution in [0.5, 0.6) is 0 Å². The van der Waals surface area contributed by atoms with Gasteiger partial charge < -0.3 is 5.11 Å². The second-order valence-corrected chi connectivity index (χ2v) is 5.78. The molecule has 4 nitrogen and oxygen atoms in total. The normalized spacial score (nSPS) is 12.7. The lowest BCUT2D eigenvalue weighted by Crippen LogP contribution is -2.14. The Kier molecular flexibility index (Phi) is 3.46. The monoisotopic (exact) mass is 306 g/mol. The van der Waals surface area contributed by atoms with E-state index in [1.54, 1.807) is 24.3 Å². The molecule has 3 aromatic rings. The number of aromatic nitrogens is 2. The fourth-order valence-corrected chi connectivity index (χ4v) is 2.97. The minimum absolute atomic E-state index is 0.366. The molecule has 2 aromatic heterocycles. The first-order valence-electron chi connectivity index (χ1n) is 6.03. The number of benzene rings is 1. The summed E-state index contributed by atoms with van der Waals surface area (Å²) in [7, 11) is 0. The third kappa shape index (κ3) is 2.55. The summed E-state index contributed by atoms with van der Waals surface area (Å²) in [5.41, 5.74) is 1.51. The minimum Gasteiger partial charge on any atom is -0.481 e. The summed E-state index contributed by atoms with van der Waals surface area (Å²) in [5, 5.41) is 12.0. The molecule has 2 heterocycles. The summed E-state index contributed by atoms with van der Waals surface area (Å²) < 4.78 is 1.90. The van der Waals surface area contributed by atoms with Crippen molar-refractivity contribution in [2.75, 3.05) is 0 Å². The van der Waals surface area contributed by atoms with Gasteiger partial charge in [-0.05, 0) is 17.7 Å². The van der Waals surface area contributed by atoms with Crippen molar-refractivity contribution in [2.24, 2.45) is 0 Å². The van der Waals surface area contributed by atoms with Crippen molar-refractivity contribution in [1.29, 1.82) is 0 Å². The number of carboxylic acids is 1. The molecule has 0 saturated carbocycles. The number of halogens is 1. The lowest BCUT2D eigenvalue weighted by molar-refractivity contribution is -0.138. The molecule has 0 amide bonds. The van der Waals surface area contributed by atoms with Crippen LogP contribution in [0.1, 0.15) is 17.2 Å². The fourth-order valence-electron chi connectivity index (χ4n) is 2.13. The molecule has 1 aromatic carbocycles. The van der Waals surface area contributed by atoms with Gasteiger partial charge in [-0.3, -0.25) is 9.20 Å². The van der Waals surface area contributed by atoms with Gasteiger partial charge in [0.25, 0.3) is 0 Å². The van der Waals surface area contributed by atoms with E-state index in [1.807, 2.05) is 22.2 Å². The van der Waals surface area contributed by atoms with Crippen LogP contribution >= 0.6 is 22.9 Å². The highest BCUT2D eigenvalue weighted by molar-refractivity contribution is 7.15. The van der Waals surface area contributed by atoms with Gasteiger partial charge in [-0.1, -0.05) is 23.7 Å². The number of hydrogen-bond acceptors (Lipinski definition) is 3. The van der Waals surface area contributed by atoms with Crippen LogP contribution in [0.2, 0.25) is 5.02 Å². The zero-order valence-corrected chi connectivity index (χ0v) is 11.9. The van der Waals surface area contributed by atoms with E-state index in [2.05, 4.69) is 4.98 Å². The molecule has 0 aliphatic rings. The summed E-state index contributed by atoms with van der Waals surface area (Å²) in [6.07, 6.45) is 4.15. The number of imidazole rings is 1. The molecule has 3 rings (SSSR count). The van der Waals surface area contributed by atoms with Crippen molar-refractivity contribution in [3.05, 3.63) is 58.3 Å². The van der Waals surface area contributed by atoms with Crippen LogP contribution in [0.25, 0.3) is 4.96 Å². The lowest BCUT2D eigenvalue weighted by atomic mass is 9.95. The maximum atomic E-state index is 11.5. The molecule has 0 aliphatic heterocycles. The first kappa shape index (κ1) is 13.1. The predicted octanol–water partition coefficient (Wildman–Crippen LogP) is 3.46. The second kappa shape index (κ2) is 5.26. The molecule has 0 aliphatic carbocycles. The van der Waals surface area contributed by atoms with Crippen LogP contribution in [0.3, 0.4) is 0 Å². The summed E-state index contributed by atoms with van der Waals surface area (Å²) in [6, 6.07) is 6.91. The Morgan fingerprint density at radius 3 is 2.80 bits per heavy atom. The molecule has 0 radical (unpaired) electrons. The highest BCUT2D eigenvalue weighted by atomic mass is 35.5. The molecule has 0 fully saturated rings. The van der Waals surface area contributed by atoms with E-state index in [1.165, 1.54) is 11.3 Å². The Morgan fingerprint density at radius 1 is 1.40 bits per heavy atom. The third-order valence-corrected chi connectivity index (χ3v) is 4.15. The first-order valence-corrected chi connectivity index (χ1v) is 7.28. The van der Waals surface area contributed by atoms with Gasteiger partial charge >= 0.3 is 5.97 Å². The quantitative estimate of drug-likeness (QED) is 0.803. The number of hydrogen-bond donors (Lipinski definition) is 1. The fraction of sp³-hybridized carbons (Fsp3) is 0.143. The van der Waals surface area contributed by atoms with E-state index in [9.17, 15) is 9.90 Å². The molecule has 102 valence electrons. The van der Waals surface area contributed by atoms with Crippen molar-refractivity contribution < 1.29 is 9.90 Å². The number of fused-ring (bicyclic) bond motifs is 1. The maximum absolute atomic E-state index is 11.5. The largest absolute Gasteiger partial charge is 0.481 e. The molecular formula is C14H11ClN2O2S. The van der Waals surface area contributed by atoms with Gasteiger partial charge in [-0.25, -0.2) is 4.98 Å². The Hall–Kier alpha value is -1.85. The van der Waals surface area contributed by atoms with Gasteiger partial charge in [0, 0.05) is 29.2 Å². The number of thiazole rings is 1. The Bertz CT molecular complexity index is 719. The van der Waals surface area contributed by atoms with Crippen molar-refractivity contribution in [3.63, 3.8) is 0 Å². The molecular weight excluding hydrogens is 296 g/mol. The highest BCUT2D eigenvalue weighted by Gasteiger charge is 2.21. The topological polar surface area (TPSA) is 54.6 Å². The molecule has 0 spiro atoms. The van der Waals surface area contributed by atoms with E-state index < -0.39 is 11.9 Å². The van der Waals surface area contributed by atoms with E-state index >= 15 is 0 Å². The SMILES string of the molecule is O=C(O)C(Cc1cn2ccsc2n1)c1ccc(Cl)cc1. The van der Waals surface area contributed by atoms with Crippen molar-refractivity contribution >= 4 is 33.9 Å². The van der Waals surface area contributed by atoms with Crippen LogP contribution in [-0.2, 0) is 11.2 Å². The van der Waals surface area contributed by atoms with E-state index in [0.29, 0.717) is 11.4 Å². The summed E-state index contributed by atoms with van der Waals surface area (Å²) in [5.74, 6) is -1.47. The maximum Gasteiger partial charge on any atom is 0.311 e. The van der Waals surface area contributed by atoms with E-state index in [4.69, 9.17) is 11.6 Å². The Balaban J connectivity index is 1.89. The number of carboxylic acid groups (broad SMARTS) is 1. The predicted molar refractivity (Wildman–Crippen MR) is 78.6 cm³/mol. The minimum atomic E-state index is -0.858. The van der Waals surface area contributed by atoms with Crippen LogP contribution in [0.15, 0.2) is 42.0 Å². The molecule has 1 N–H and O–H groups in total. The molecule has 0 saturated heterocycles. The summed E-state index contributed by atoms with van der Waals surface area (Å²) >= 11 is 7.36. The molecule has 6 heteroatoms. The van der Waals surface area contributed by atoms with E-state index in [0.717, 1.165) is 16.2 Å². The second-order valence-electron chi connectivity index (χ2n) is 4.47. The summed E-state index contributed by atoms with van der Waals surface area (Å²) in [4.78, 5) is 16.8. The average molecular weight is 307 g/mol. The van der Waals surface area contributed by atoms with Gasteiger partial charge in [0.2, 0.25) is 0 Å². The number of rotatable bonds is 4. The Labute approximate surface area is 124 Å². The van der Waals surface area contributed by atoms with Gasteiger partial charge in [0.1, 0.15) is 0 Å². The van der Waals surface area contributed by atoms with Crippen LogP contribution in [0.4, 0.5) is 0 Å². The van der Waals surface area contributed by atoms with Gasteiger partial charge in [0.15, 0.2) is 4.96 Å². The lowest BCUT2D eigenvalue weighted by Gasteiger charge is -2.11. The molecule has 1 unspecified atom stereocenters. The zero-order chi connectivity index (χ0) is 14.1. The van der Waals surface area contributed by atoms with Crippen LogP contribution in [0, 0.1) is 0 Å². The van der Waals surface area contributed by atoms with Gasteiger partial charge in [-0.2, -0.15) is 0 Å². The van der Waals surface area contributed by atoms with Gasteiger partial charge in [-0.15, -0.1) is 11.3 Å². The molecule has 1 atom stereocenters. The van der Waals surface area contributed by atoms with Crippen LogP contribution in [-0.4, -0.2) is 20.5 Å². The van der Waals surface area contributed by atoms with Gasteiger partial charge in [0.05, 0.1) is 11.6 Å². The number of nitrogens with zero attached hydrogens (tertiary/aromatic N) is 2. The number of carbonyl (C=O) groups is 1. The third-order valence-electron chi connectivity index (χ3n) is 3.13. The highest BCUT2D eigenvalue weighted by Crippen LogP contribution is 2.23. The van der Waals surface area contributed by atoms with Crippen molar-refractivity contribution in [3.8, 4) is 0 Å². The first-order chi connectivity index (χ1) is 9.63. The zero-order valence-electron chi connectivity index (χ0n) is 10.4. The Morgan fingerprint density at radius 2 is 2.15 bits per heavy atom. The van der Waals surface area contributed by atoms with Crippen LogP contribution < -0.4 is 0 Å². The number of aliphatic carboxylic acids is 1.